The Balaban J connectivity index is 1.77. The molecule has 13 heteroatoms. The van der Waals surface area contributed by atoms with E-state index >= 15 is 0 Å². The highest BCUT2D eigenvalue weighted by Crippen LogP contribution is 2.39. The number of hydrogen-bond donors (Lipinski definition) is 0. The number of nitriles is 1. The van der Waals surface area contributed by atoms with Crippen LogP contribution >= 0.6 is 11.6 Å². The maximum atomic E-state index is 14.6. The zero-order valence-electron chi connectivity index (χ0n) is 23.2. The van der Waals surface area contributed by atoms with Crippen LogP contribution in [0, 0.1) is 17.1 Å². The number of amides is 1. The summed E-state index contributed by atoms with van der Waals surface area (Å²) in [6.45, 7) is 2.29. The number of halogens is 5. The van der Waals surface area contributed by atoms with Crippen molar-refractivity contribution in [3.05, 3.63) is 88.2 Å². The van der Waals surface area contributed by atoms with Gasteiger partial charge in [-0.05, 0) is 60.5 Å². The summed E-state index contributed by atoms with van der Waals surface area (Å²) >= 11 is 6.22. The highest BCUT2D eigenvalue weighted by Gasteiger charge is 2.35. The average Bonchev–Trinajstić information content (AvgIpc) is 2.95. The van der Waals surface area contributed by atoms with E-state index in [-0.39, 0.29) is 48.2 Å². The standard InChI is InChI=1S/C30H27ClF4N4O3S/c1-20(29-24(31)7-4-8-25(29)32)17-21-9-10-26-27(18-21)39(16-15-38(26)14-13-37(2)28(40)11-12-36)43(41,42)23-6-3-5-22(19-23)30(33,34)35/h3-10,17-19H,11,13-16H2,1-2H3/b20-17+. The number of allylic oxidation sites excluding steroid dienone is 1. The van der Waals surface area contributed by atoms with Gasteiger partial charge in [0.2, 0.25) is 5.91 Å². The Morgan fingerprint density at radius 1 is 1.09 bits per heavy atom. The van der Waals surface area contributed by atoms with Gasteiger partial charge in [-0.1, -0.05) is 35.9 Å². The van der Waals surface area contributed by atoms with E-state index in [1.54, 1.807) is 44.3 Å². The molecule has 0 aliphatic carbocycles. The molecule has 7 nitrogen and oxygen atoms in total. The fourth-order valence-corrected chi connectivity index (χ4v) is 6.61. The second-order valence-corrected chi connectivity index (χ2v) is 12.2. The van der Waals surface area contributed by atoms with Crippen molar-refractivity contribution >= 4 is 50.6 Å². The number of anilines is 2. The van der Waals surface area contributed by atoms with Crippen LogP contribution in [-0.2, 0) is 21.0 Å². The maximum absolute atomic E-state index is 14.6. The summed E-state index contributed by atoms with van der Waals surface area (Å²) in [5, 5.41) is 9.02. The van der Waals surface area contributed by atoms with Crippen molar-refractivity contribution < 1.29 is 30.8 Å². The van der Waals surface area contributed by atoms with E-state index in [1.807, 2.05) is 11.0 Å². The quantitative estimate of drug-likeness (QED) is 0.210. The summed E-state index contributed by atoms with van der Waals surface area (Å²) in [5.74, 6) is -0.898. The van der Waals surface area contributed by atoms with Gasteiger partial charge >= 0.3 is 6.18 Å². The number of benzene rings is 3. The Hall–Kier alpha value is -4.08. The molecule has 0 spiro atoms. The molecule has 0 unspecified atom stereocenters. The smallest absolute Gasteiger partial charge is 0.366 e. The van der Waals surface area contributed by atoms with E-state index in [1.165, 1.54) is 17.0 Å². The first kappa shape index (κ1) is 31.8. The highest BCUT2D eigenvalue weighted by atomic mass is 35.5. The molecule has 0 saturated carbocycles. The Morgan fingerprint density at radius 3 is 2.49 bits per heavy atom. The van der Waals surface area contributed by atoms with Gasteiger partial charge in [0.15, 0.2) is 0 Å². The van der Waals surface area contributed by atoms with E-state index in [2.05, 4.69) is 0 Å². The number of rotatable bonds is 8. The number of carbonyl (C=O) groups excluding carboxylic acids is 1. The van der Waals surface area contributed by atoms with Gasteiger partial charge in [0.25, 0.3) is 10.0 Å². The number of alkyl halides is 3. The van der Waals surface area contributed by atoms with E-state index in [0.717, 1.165) is 22.5 Å². The zero-order valence-corrected chi connectivity index (χ0v) is 24.8. The molecule has 226 valence electrons. The minimum absolute atomic E-state index is 0.0905. The molecule has 43 heavy (non-hydrogen) atoms. The topological polar surface area (TPSA) is 84.7 Å². The van der Waals surface area contributed by atoms with Crippen LogP contribution in [0.4, 0.5) is 28.9 Å². The third-order valence-electron chi connectivity index (χ3n) is 7.03. The van der Waals surface area contributed by atoms with Gasteiger partial charge in [0, 0.05) is 32.2 Å². The number of nitrogens with zero attached hydrogens (tertiary/aromatic N) is 4. The van der Waals surface area contributed by atoms with Gasteiger partial charge in [-0.3, -0.25) is 9.10 Å². The molecule has 0 N–H and O–H groups in total. The average molecular weight is 635 g/mol. The third kappa shape index (κ3) is 6.95. The van der Waals surface area contributed by atoms with E-state index in [0.29, 0.717) is 29.4 Å². The Bertz CT molecular complexity index is 1700. The van der Waals surface area contributed by atoms with E-state index < -0.39 is 32.5 Å². The molecule has 0 radical (unpaired) electrons. The van der Waals surface area contributed by atoms with Crippen LogP contribution in [0.5, 0.6) is 0 Å². The number of likely N-dealkylation sites (N-methyl/N-ethyl adjacent to an activating group) is 1. The molecule has 0 aromatic heterocycles. The van der Waals surface area contributed by atoms with Crippen molar-refractivity contribution in [2.75, 3.05) is 42.4 Å². The largest absolute Gasteiger partial charge is 0.416 e. The van der Waals surface area contributed by atoms with Crippen molar-refractivity contribution in [2.24, 2.45) is 0 Å². The Labute approximate surface area is 252 Å². The molecule has 3 aromatic rings. The molecule has 1 aliphatic heterocycles. The van der Waals surface area contributed by atoms with Crippen molar-refractivity contribution in [1.82, 2.24) is 4.90 Å². The van der Waals surface area contributed by atoms with Gasteiger partial charge in [-0.15, -0.1) is 0 Å². The summed E-state index contributed by atoms with van der Waals surface area (Å²) in [5.41, 5.74) is 0.745. The van der Waals surface area contributed by atoms with Gasteiger partial charge < -0.3 is 9.80 Å². The van der Waals surface area contributed by atoms with E-state index in [4.69, 9.17) is 16.9 Å². The maximum Gasteiger partial charge on any atom is 0.416 e. The number of fused-ring (bicyclic) bond motifs is 1. The highest BCUT2D eigenvalue weighted by molar-refractivity contribution is 7.92. The number of hydrogen-bond acceptors (Lipinski definition) is 5. The minimum atomic E-state index is -4.74. The summed E-state index contributed by atoms with van der Waals surface area (Å²) in [6, 6.07) is 14.6. The van der Waals surface area contributed by atoms with Crippen molar-refractivity contribution in [2.45, 2.75) is 24.4 Å². The van der Waals surface area contributed by atoms with Crippen molar-refractivity contribution in [1.29, 1.82) is 5.26 Å². The first-order chi connectivity index (χ1) is 20.2. The van der Waals surface area contributed by atoms with Crippen molar-refractivity contribution in [3.63, 3.8) is 0 Å². The molecular weight excluding hydrogens is 608 g/mol. The minimum Gasteiger partial charge on any atom is -0.366 e. The Morgan fingerprint density at radius 2 is 1.81 bits per heavy atom. The summed E-state index contributed by atoms with van der Waals surface area (Å²) in [6.07, 6.45) is -3.38. The van der Waals surface area contributed by atoms with Crippen LogP contribution in [0.1, 0.15) is 30.0 Å². The third-order valence-corrected chi connectivity index (χ3v) is 9.16. The van der Waals surface area contributed by atoms with Crippen LogP contribution in [0.2, 0.25) is 5.02 Å². The first-order valence-electron chi connectivity index (χ1n) is 13.1. The molecule has 1 aliphatic rings. The lowest BCUT2D eigenvalue weighted by molar-refractivity contribution is -0.137. The predicted molar refractivity (Wildman–Crippen MR) is 157 cm³/mol. The monoisotopic (exact) mass is 634 g/mol. The lowest BCUT2D eigenvalue weighted by Crippen LogP contribution is -2.46. The molecular formula is C30H27ClF4N4O3S. The fourth-order valence-electron chi connectivity index (χ4n) is 4.79. The first-order valence-corrected chi connectivity index (χ1v) is 14.9. The molecule has 1 heterocycles. The van der Waals surface area contributed by atoms with Crippen molar-refractivity contribution in [3.8, 4) is 6.07 Å². The number of carbonyl (C=O) groups is 1. The SMILES string of the molecule is C/C(=C\c1ccc2c(c1)N(S(=O)(=O)c1cccc(C(F)(F)F)c1)CCN2CCN(C)C(=O)CC#N)c1c(F)cccc1Cl. The lowest BCUT2D eigenvalue weighted by atomic mass is 10.0. The molecule has 0 bridgehead atoms. The van der Waals surface area contributed by atoms with Crippen LogP contribution < -0.4 is 9.21 Å². The predicted octanol–water partition coefficient (Wildman–Crippen LogP) is 6.45. The van der Waals surface area contributed by atoms with Gasteiger partial charge in [-0.2, -0.15) is 18.4 Å². The van der Waals surface area contributed by atoms with Gasteiger partial charge in [0.05, 0.1) is 39.5 Å². The van der Waals surface area contributed by atoms with Crippen LogP contribution in [0.15, 0.2) is 65.6 Å². The second kappa shape index (κ2) is 12.7. The van der Waals surface area contributed by atoms with Gasteiger partial charge in [-0.25, -0.2) is 12.8 Å². The normalized spacial score (nSPS) is 13.9. The van der Waals surface area contributed by atoms with Crippen LogP contribution in [0.3, 0.4) is 0 Å². The number of sulfonamides is 1. The van der Waals surface area contributed by atoms with Crippen LogP contribution in [0.25, 0.3) is 11.6 Å². The molecule has 1 amide bonds. The summed E-state index contributed by atoms with van der Waals surface area (Å²) in [4.78, 5) is 14.8. The molecule has 0 fully saturated rings. The summed E-state index contributed by atoms with van der Waals surface area (Å²) in [7, 11) is -2.89. The molecule has 4 rings (SSSR count). The lowest BCUT2D eigenvalue weighted by Gasteiger charge is -2.39. The zero-order chi connectivity index (χ0) is 31.5. The molecule has 0 atom stereocenters. The second-order valence-electron chi connectivity index (χ2n) is 9.91. The molecule has 0 saturated heterocycles. The van der Waals surface area contributed by atoms with E-state index in [9.17, 15) is 30.8 Å². The van der Waals surface area contributed by atoms with Crippen LogP contribution in [-0.4, -0.2) is 52.5 Å². The Kier molecular flexibility index (Phi) is 9.37. The molecule has 3 aromatic carbocycles. The fraction of sp³-hybridized carbons (Fsp3) is 0.267. The van der Waals surface area contributed by atoms with Gasteiger partial charge in [0.1, 0.15) is 12.2 Å². The summed E-state index contributed by atoms with van der Waals surface area (Å²) < 4.78 is 83.4.